The van der Waals surface area contributed by atoms with E-state index in [9.17, 15) is 19.7 Å². The van der Waals surface area contributed by atoms with Gasteiger partial charge in [-0.1, -0.05) is 36.4 Å². The molecule has 0 unspecified atom stereocenters. The number of ether oxygens (including phenoxy) is 1. The van der Waals surface area contributed by atoms with Crippen LogP contribution in [0.3, 0.4) is 0 Å². The maximum absolute atomic E-state index is 13.8. The Kier molecular flexibility index (Phi) is 6.01. The number of hydrogen-bond acceptors (Lipinski definition) is 6. The van der Waals surface area contributed by atoms with Crippen LogP contribution in [0, 0.1) is 10.1 Å². The number of nitro groups is 1. The number of methoxy groups -OCH3 is 1. The minimum Gasteiger partial charge on any atom is -0.497 e. The SMILES string of the molecule is COc1ccc([C@H]2C3=C(C[C@@H](c4cccc([N+](=O)[O-])c4)CC3=O)Nc3ccccc3N2C(C)=O)cc1. The van der Waals surface area contributed by atoms with E-state index in [0.717, 1.165) is 22.5 Å². The molecule has 0 aromatic heterocycles. The van der Waals surface area contributed by atoms with Crippen LogP contribution in [-0.2, 0) is 9.59 Å². The molecule has 0 saturated heterocycles. The number of nitrogens with zero attached hydrogens (tertiary/aromatic N) is 2. The predicted octanol–water partition coefficient (Wildman–Crippen LogP) is 5.52. The Morgan fingerprint density at radius 3 is 2.47 bits per heavy atom. The van der Waals surface area contributed by atoms with Gasteiger partial charge in [0, 0.05) is 36.7 Å². The number of fused-ring (bicyclic) bond motifs is 1. The highest BCUT2D eigenvalue weighted by Crippen LogP contribution is 2.47. The number of carbonyl (C=O) groups is 2. The topological polar surface area (TPSA) is 102 Å². The zero-order chi connectivity index (χ0) is 25.4. The molecule has 2 atom stereocenters. The second-order valence-electron chi connectivity index (χ2n) is 8.98. The first-order chi connectivity index (χ1) is 17.4. The molecule has 0 spiro atoms. The number of amides is 1. The number of nitro benzene ring substituents is 1. The predicted molar refractivity (Wildman–Crippen MR) is 136 cm³/mol. The molecule has 3 aromatic carbocycles. The summed E-state index contributed by atoms with van der Waals surface area (Å²) in [6.45, 7) is 1.50. The van der Waals surface area contributed by atoms with Crippen molar-refractivity contribution in [3.63, 3.8) is 0 Å². The Morgan fingerprint density at radius 1 is 1.03 bits per heavy atom. The van der Waals surface area contributed by atoms with Gasteiger partial charge in [-0.2, -0.15) is 0 Å². The summed E-state index contributed by atoms with van der Waals surface area (Å²) in [6, 6.07) is 20.7. The lowest BCUT2D eigenvalue weighted by molar-refractivity contribution is -0.384. The van der Waals surface area contributed by atoms with Crippen molar-refractivity contribution in [1.29, 1.82) is 0 Å². The molecule has 2 aliphatic rings. The summed E-state index contributed by atoms with van der Waals surface area (Å²) in [6.07, 6.45) is 0.672. The fourth-order valence-electron chi connectivity index (χ4n) is 5.17. The van der Waals surface area contributed by atoms with Crippen molar-refractivity contribution in [3.8, 4) is 5.75 Å². The maximum Gasteiger partial charge on any atom is 0.269 e. The number of benzene rings is 3. The normalized spacial score (nSPS) is 19.1. The molecule has 0 fully saturated rings. The van der Waals surface area contributed by atoms with Gasteiger partial charge >= 0.3 is 0 Å². The van der Waals surface area contributed by atoms with E-state index in [1.807, 2.05) is 54.6 Å². The van der Waals surface area contributed by atoms with E-state index >= 15 is 0 Å². The smallest absolute Gasteiger partial charge is 0.269 e. The van der Waals surface area contributed by atoms with Crippen molar-refractivity contribution in [1.82, 2.24) is 0 Å². The summed E-state index contributed by atoms with van der Waals surface area (Å²) in [5, 5.41) is 14.8. The molecule has 0 bridgehead atoms. The first-order valence-corrected chi connectivity index (χ1v) is 11.7. The van der Waals surface area contributed by atoms with E-state index in [1.54, 1.807) is 18.1 Å². The lowest BCUT2D eigenvalue weighted by atomic mass is 9.78. The minimum absolute atomic E-state index is 0.00207. The van der Waals surface area contributed by atoms with Crippen LogP contribution in [0.5, 0.6) is 5.75 Å². The molecule has 8 nitrogen and oxygen atoms in total. The molecule has 1 heterocycles. The number of hydrogen-bond donors (Lipinski definition) is 1. The van der Waals surface area contributed by atoms with Crippen molar-refractivity contribution in [2.45, 2.75) is 31.7 Å². The number of ketones is 1. The van der Waals surface area contributed by atoms with Crippen LogP contribution in [0.4, 0.5) is 17.1 Å². The molecule has 182 valence electrons. The average Bonchev–Trinajstić information content (AvgIpc) is 3.03. The van der Waals surface area contributed by atoms with Crippen molar-refractivity contribution in [3.05, 3.63) is 105 Å². The van der Waals surface area contributed by atoms with Gasteiger partial charge in [-0.3, -0.25) is 24.6 Å². The fraction of sp³-hybridized carbons (Fsp3) is 0.214. The molecular formula is C28H25N3O5. The first-order valence-electron chi connectivity index (χ1n) is 11.7. The van der Waals surface area contributed by atoms with Gasteiger partial charge in [-0.15, -0.1) is 0 Å². The first kappa shape index (κ1) is 23.3. The number of allylic oxidation sites excluding steroid dienone is 1. The lowest BCUT2D eigenvalue weighted by Crippen LogP contribution is -2.37. The number of anilines is 2. The molecule has 1 amide bonds. The molecular weight excluding hydrogens is 458 g/mol. The van der Waals surface area contributed by atoms with Crippen molar-refractivity contribution < 1.29 is 19.2 Å². The zero-order valence-corrected chi connectivity index (χ0v) is 19.9. The molecule has 36 heavy (non-hydrogen) atoms. The van der Waals surface area contributed by atoms with E-state index in [1.165, 1.54) is 19.1 Å². The van der Waals surface area contributed by atoms with Crippen LogP contribution in [0.15, 0.2) is 84.1 Å². The third-order valence-electron chi connectivity index (χ3n) is 6.81. The molecule has 5 rings (SSSR count). The van der Waals surface area contributed by atoms with Gasteiger partial charge in [-0.05, 0) is 47.7 Å². The van der Waals surface area contributed by atoms with Crippen LogP contribution in [0.2, 0.25) is 0 Å². The van der Waals surface area contributed by atoms with Crippen LogP contribution in [-0.4, -0.2) is 23.7 Å². The average molecular weight is 484 g/mol. The second kappa shape index (κ2) is 9.30. The molecule has 3 aromatic rings. The summed E-state index contributed by atoms with van der Waals surface area (Å²) in [4.78, 5) is 39.4. The summed E-state index contributed by atoms with van der Waals surface area (Å²) < 4.78 is 5.31. The summed E-state index contributed by atoms with van der Waals surface area (Å²) in [7, 11) is 1.59. The number of rotatable bonds is 4. The van der Waals surface area contributed by atoms with E-state index < -0.39 is 11.0 Å². The van der Waals surface area contributed by atoms with Crippen molar-refractivity contribution >= 4 is 28.8 Å². The number of nitrogens with one attached hydrogen (secondary N) is 1. The third kappa shape index (κ3) is 4.11. The van der Waals surface area contributed by atoms with Crippen LogP contribution < -0.4 is 15.0 Å². The monoisotopic (exact) mass is 483 g/mol. The Morgan fingerprint density at radius 2 is 1.78 bits per heavy atom. The Hall–Kier alpha value is -4.46. The van der Waals surface area contributed by atoms with Crippen molar-refractivity contribution in [2.75, 3.05) is 17.3 Å². The van der Waals surface area contributed by atoms with Crippen LogP contribution >= 0.6 is 0 Å². The number of Topliss-reactive ketones (excluding diaryl/α,β-unsaturated/α-hetero) is 1. The molecule has 0 saturated carbocycles. The summed E-state index contributed by atoms with van der Waals surface area (Å²) in [5.74, 6) is 0.166. The highest BCUT2D eigenvalue weighted by atomic mass is 16.6. The summed E-state index contributed by atoms with van der Waals surface area (Å²) in [5.41, 5.74) is 4.20. The Labute approximate surface area is 208 Å². The standard InChI is InChI=1S/C28H25N3O5/c1-17(32)30-25-9-4-3-8-23(25)29-24-15-20(19-6-5-7-21(14-19)31(34)35)16-26(33)27(24)28(30)18-10-12-22(36-2)13-11-18/h3-14,20,28-29H,15-16H2,1-2H3/t20-,28+/m1/s1. The quantitative estimate of drug-likeness (QED) is 0.387. The largest absolute Gasteiger partial charge is 0.497 e. The molecule has 1 N–H and O–H groups in total. The van der Waals surface area contributed by atoms with Gasteiger partial charge in [0.25, 0.3) is 5.69 Å². The summed E-state index contributed by atoms with van der Waals surface area (Å²) >= 11 is 0. The van der Waals surface area contributed by atoms with Crippen LogP contribution in [0.25, 0.3) is 0 Å². The molecule has 1 aliphatic heterocycles. The van der Waals surface area contributed by atoms with E-state index in [0.29, 0.717) is 23.4 Å². The lowest BCUT2D eigenvalue weighted by Gasteiger charge is -2.34. The number of carbonyl (C=O) groups excluding carboxylic acids is 2. The minimum atomic E-state index is -0.627. The van der Waals surface area contributed by atoms with Gasteiger partial charge in [0.15, 0.2) is 5.78 Å². The van der Waals surface area contributed by atoms with E-state index in [4.69, 9.17) is 4.74 Å². The van der Waals surface area contributed by atoms with Gasteiger partial charge < -0.3 is 10.1 Å². The van der Waals surface area contributed by atoms with Gasteiger partial charge in [0.2, 0.25) is 5.91 Å². The third-order valence-corrected chi connectivity index (χ3v) is 6.81. The molecule has 1 aliphatic carbocycles. The Bertz CT molecular complexity index is 1400. The highest BCUT2D eigenvalue weighted by Gasteiger charge is 2.41. The van der Waals surface area contributed by atoms with E-state index in [-0.39, 0.29) is 29.7 Å². The van der Waals surface area contributed by atoms with Crippen LogP contribution in [0.1, 0.15) is 42.9 Å². The van der Waals surface area contributed by atoms with E-state index in [2.05, 4.69) is 5.32 Å². The Balaban J connectivity index is 1.67. The van der Waals surface area contributed by atoms with Crippen molar-refractivity contribution in [2.24, 2.45) is 0 Å². The number of non-ortho nitro benzene ring substituents is 1. The maximum atomic E-state index is 13.8. The molecule has 8 heteroatoms. The van der Waals surface area contributed by atoms with Gasteiger partial charge in [0.05, 0.1) is 29.4 Å². The zero-order valence-electron chi connectivity index (χ0n) is 19.9. The number of para-hydroxylation sites is 2. The highest BCUT2D eigenvalue weighted by molar-refractivity contribution is 6.06. The fourth-order valence-corrected chi connectivity index (χ4v) is 5.17. The second-order valence-corrected chi connectivity index (χ2v) is 8.98. The molecule has 0 radical (unpaired) electrons. The van der Waals surface area contributed by atoms with Gasteiger partial charge in [-0.25, -0.2) is 0 Å². The van der Waals surface area contributed by atoms with Gasteiger partial charge in [0.1, 0.15) is 5.75 Å².